The predicted octanol–water partition coefficient (Wildman–Crippen LogP) is 6.54. The second-order valence-electron chi connectivity index (χ2n) is 6.84. The quantitative estimate of drug-likeness (QED) is 0.0870. The maximum absolute atomic E-state index is 11.3. The number of benzene rings is 1. The Balaban J connectivity index is 3.19. The van der Waals surface area contributed by atoms with Gasteiger partial charge in [-0.1, -0.05) is 57.5 Å². The molecule has 0 heterocycles. The van der Waals surface area contributed by atoms with Crippen LogP contribution < -0.4 is 9.47 Å². The number of hydrogen-bond donors (Lipinski definition) is 1. The SMILES string of the molecule is CCCCCCOc1cc(N=[N+]=[N-])c(OCCCCCC)cc1/C=C(/C#N)C(=O)O. The van der Waals surface area contributed by atoms with E-state index in [1.807, 2.05) is 0 Å². The summed E-state index contributed by atoms with van der Waals surface area (Å²) in [4.78, 5) is 14.1. The smallest absolute Gasteiger partial charge is 0.346 e. The van der Waals surface area contributed by atoms with Crippen LogP contribution in [0.5, 0.6) is 11.5 Å². The van der Waals surface area contributed by atoms with E-state index in [1.54, 1.807) is 12.1 Å². The predicted molar refractivity (Wildman–Crippen MR) is 116 cm³/mol. The lowest BCUT2D eigenvalue weighted by atomic mass is 10.1. The summed E-state index contributed by atoms with van der Waals surface area (Å²) >= 11 is 0. The number of azide groups is 1. The minimum atomic E-state index is -1.33. The van der Waals surface area contributed by atoms with E-state index in [0.717, 1.165) is 51.4 Å². The molecule has 0 aliphatic rings. The van der Waals surface area contributed by atoms with Crippen LogP contribution in [-0.2, 0) is 4.79 Å². The summed E-state index contributed by atoms with van der Waals surface area (Å²) in [7, 11) is 0. The molecule has 0 amide bonds. The number of nitriles is 1. The summed E-state index contributed by atoms with van der Waals surface area (Å²) in [5.74, 6) is -0.648. The van der Waals surface area contributed by atoms with E-state index in [2.05, 4.69) is 23.9 Å². The highest BCUT2D eigenvalue weighted by Crippen LogP contribution is 2.37. The lowest BCUT2D eigenvalue weighted by molar-refractivity contribution is -0.132. The van der Waals surface area contributed by atoms with Gasteiger partial charge < -0.3 is 14.6 Å². The third-order valence-corrected chi connectivity index (χ3v) is 4.41. The summed E-state index contributed by atoms with van der Waals surface area (Å²) in [5.41, 5.74) is 9.14. The molecule has 0 saturated carbocycles. The molecule has 8 nitrogen and oxygen atoms in total. The van der Waals surface area contributed by atoms with Crippen molar-refractivity contribution in [3.05, 3.63) is 33.7 Å². The first-order chi connectivity index (χ1) is 14.6. The molecule has 0 aliphatic carbocycles. The Morgan fingerprint density at radius 3 is 2.20 bits per heavy atom. The summed E-state index contributed by atoms with van der Waals surface area (Å²) in [6.07, 6.45) is 9.39. The Morgan fingerprint density at radius 2 is 1.70 bits per heavy atom. The summed E-state index contributed by atoms with van der Waals surface area (Å²) in [6.45, 7) is 5.11. The number of unbranched alkanes of at least 4 members (excludes halogenated alkanes) is 6. The number of nitrogens with zero attached hydrogens (tertiary/aromatic N) is 4. The second kappa shape index (κ2) is 14.8. The summed E-state index contributed by atoms with van der Waals surface area (Å²) in [5, 5.41) is 22.0. The van der Waals surface area contributed by atoms with Gasteiger partial charge in [-0.25, -0.2) is 4.79 Å². The Kier molecular flexibility index (Phi) is 12.2. The van der Waals surface area contributed by atoms with Gasteiger partial charge in [-0.3, -0.25) is 0 Å². The van der Waals surface area contributed by atoms with Crippen LogP contribution in [0, 0.1) is 11.3 Å². The van der Waals surface area contributed by atoms with E-state index in [9.17, 15) is 9.90 Å². The second-order valence-corrected chi connectivity index (χ2v) is 6.84. The van der Waals surface area contributed by atoms with Crippen LogP contribution in [0.1, 0.15) is 70.8 Å². The molecule has 0 atom stereocenters. The molecule has 0 fully saturated rings. The van der Waals surface area contributed by atoms with E-state index in [1.165, 1.54) is 12.1 Å². The molecule has 1 aromatic carbocycles. The van der Waals surface area contributed by atoms with Crippen LogP contribution in [0.3, 0.4) is 0 Å². The van der Waals surface area contributed by atoms with Crippen molar-refractivity contribution in [1.29, 1.82) is 5.26 Å². The van der Waals surface area contributed by atoms with Gasteiger partial charge in [0.1, 0.15) is 23.1 Å². The van der Waals surface area contributed by atoms with Crippen molar-refractivity contribution >= 4 is 17.7 Å². The molecule has 0 saturated heterocycles. The highest BCUT2D eigenvalue weighted by Gasteiger charge is 2.14. The third kappa shape index (κ3) is 8.89. The van der Waals surface area contributed by atoms with Gasteiger partial charge in [-0.15, -0.1) is 0 Å². The standard InChI is InChI=1S/C22H30N4O4/c1-3-5-7-9-11-29-20-15-19(25-26-24)21(30-12-10-8-6-4-2)14-17(20)13-18(16-23)22(27)28/h13-15H,3-12H2,1-2H3,(H,27,28)/b18-13-. The zero-order chi connectivity index (χ0) is 22.2. The average molecular weight is 415 g/mol. The Labute approximate surface area is 177 Å². The molecule has 1 aromatic rings. The molecule has 1 rings (SSSR count). The van der Waals surface area contributed by atoms with Crippen molar-refractivity contribution < 1.29 is 19.4 Å². The fourth-order valence-corrected chi connectivity index (χ4v) is 2.76. The van der Waals surface area contributed by atoms with E-state index < -0.39 is 11.5 Å². The number of carboxylic acid groups (broad SMARTS) is 1. The molecular weight excluding hydrogens is 384 g/mol. The van der Waals surface area contributed by atoms with Crippen molar-refractivity contribution in [3.63, 3.8) is 0 Å². The van der Waals surface area contributed by atoms with Gasteiger partial charge in [0.2, 0.25) is 0 Å². The maximum Gasteiger partial charge on any atom is 0.346 e. The lowest BCUT2D eigenvalue weighted by Gasteiger charge is -2.15. The molecule has 0 unspecified atom stereocenters. The van der Waals surface area contributed by atoms with Crippen molar-refractivity contribution in [1.82, 2.24) is 0 Å². The lowest BCUT2D eigenvalue weighted by Crippen LogP contribution is -2.03. The van der Waals surface area contributed by atoms with E-state index in [-0.39, 0.29) is 5.69 Å². The number of carbonyl (C=O) groups is 1. The summed E-state index contributed by atoms with van der Waals surface area (Å²) < 4.78 is 11.6. The zero-order valence-electron chi connectivity index (χ0n) is 17.8. The minimum absolute atomic E-state index is 0.266. The Bertz CT molecular complexity index is 808. The normalized spacial score (nSPS) is 10.8. The number of aliphatic carboxylic acids is 1. The van der Waals surface area contributed by atoms with E-state index in [4.69, 9.17) is 20.3 Å². The van der Waals surface area contributed by atoms with Gasteiger partial charge in [0.05, 0.1) is 18.9 Å². The number of ether oxygens (including phenoxy) is 2. The zero-order valence-corrected chi connectivity index (χ0v) is 17.8. The molecule has 162 valence electrons. The van der Waals surface area contributed by atoms with Crippen molar-refractivity contribution in [2.45, 2.75) is 65.2 Å². The maximum atomic E-state index is 11.3. The van der Waals surface area contributed by atoms with Crippen LogP contribution in [0.25, 0.3) is 16.5 Å². The van der Waals surface area contributed by atoms with Crippen LogP contribution in [0.2, 0.25) is 0 Å². The molecule has 0 radical (unpaired) electrons. The number of hydrogen-bond acceptors (Lipinski definition) is 5. The highest BCUT2D eigenvalue weighted by molar-refractivity contribution is 5.97. The van der Waals surface area contributed by atoms with Crippen LogP contribution >= 0.6 is 0 Å². The fraction of sp³-hybridized carbons (Fsp3) is 0.545. The molecule has 8 heteroatoms. The molecular formula is C22H30N4O4. The van der Waals surface area contributed by atoms with E-state index in [0.29, 0.717) is 30.3 Å². The first-order valence-electron chi connectivity index (χ1n) is 10.4. The van der Waals surface area contributed by atoms with Crippen molar-refractivity contribution in [2.75, 3.05) is 13.2 Å². The average Bonchev–Trinajstić information content (AvgIpc) is 2.73. The first-order valence-corrected chi connectivity index (χ1v) is 10.4. The summed E-state index contributed by atoms with van der Waals surface area (Å²) in [6, 6.07) is 4.76. The Morgan fingerprint density at radius 1 is 1.10 bits per heavy atom. The molecule has 0 aliphatic heterocycles. The van der Waals surface area contributed by atoms with Gasteiger partial charge in [-0.2, -0.15) is 5.26 Å². The van der Waals surface area contributed by atoms with Gasteiger partial charge in [0, 0.05) is 10.5 Å². The third-order valence-electron chi connectivity index (χ3n) is 4.41. The number of rotatable bonds is 15. The minimum Gasteiger partial charge on any atom is -0.493 e. The number of carboxylic acids is 1. The van der Waals surface area contributed by atoms with Crippen LogP contribution in [0.4, 0.5) is 5.69 Å². The van der Waals surface area contributed by atoms with Gasteiger partial charge >= 0.3 is 5.97 Å². The van der Waals surface area contributed by atoms with Crippen molar-refractivity contribution in [3.8, 4) is 17.6 Å². The Hall–Kier alpha value is -3.17. The first kappa shape index (κ1) is 24.9. The van der Waals surface area contributed by atoms with Crippen LogP contribution in [0.15, 0.2) is 22.8 Å². The largest absolute Gasteiger partial charge is 0.493 e. The van der Waals surface area contributed by atoms with Crippen LogP contribution in [-0.4, -0.2) is 24.3 Å². The molecule has 30 heavy (non-hydrogen) atoms. The molecule has 0 aromatic heterocycles. The molecule has 0 spiro atoms. The molecule has 0 bridgehead atoms. The van der Waals surface area contributed by atoms with Gasteiger partial charge in [0.15, 0.2) is 0 Å². The van der Waals surface area contributed by atoms with Gasteiger partial charge in [0.25, 0.3) is 0 Å². The fourth-order valence-electron chi connectivity index (χ4n) is 2.76. The van der Waals surface area contributed by atoms with Gasteiger partial charge in [-0.05, 0) is 36.6 Å². The molecule has 1 N–H and O–H groups in total. The highest BCUT2D eigenvalue weighted by atomic mass is 16.5. The monoisotopic (exact) mass is 414 g/mol. The van der Waals surface area contributed by atoms with E-state index >= 15 is 0 Å². The topological polar surface area (TPSA) is 128 Å². The van der Waals surface area contributed by atoms with Crippen molar-refractivity contribution in [2.24, 2.45) is 5.11 Å².